The average Bonchev–Trinajstić information content (AvgIpc) is 3.20. The summed E-state index contributed by atoms with van der Waals surface area (Å²) in [6.45, 7) is 3.34. The zero-order chi connectivity index (χ0) is 41.8. The first-order chi connectivity index (χ1) is 27.8. The van der Waals surface area contributed by atoms with Crippen molar-refractivity contribution < 1.29 is 37.9 Å². The number of unbranched alkanes of at least 4 members (excludes halogenated alkanes) is 13. The fourth-order valence-electron chi connectivity index (χ4n) is 5.49. The standard InChI is InChI=1S/C47H80NO8P/c1-3-5-7-9-11-13-15-17-18-19-20-21-22-23-24-25-26-28-29-31-33-35-37-39-46(50)48-41-42-55-57(52,53)56-44-45(49)43-54-47(51)40-38-36-34-32-30-27-16-14-12-10-8-6-4-2/h6,8,11-14,17-18,20-21,23-24,27,30,45,49H,3-5,7,9-10,15-16,19,22,25-26,28-29,31-44H2,1-2H3,(H,48,50)(H,52,53)/b8-6-,13-11-,14-12-,18-17-,21-20-,24-23-,30-27-. The van der Waals surface area contributed by atoms with Crippen LogP contribution in [0.1, 0.15) is 168 Å². The smallest absolute Gasteiger partial charge is 0.463 e. The molecular weight excluding hydrogens is 737 g/mol. The highest BCUT2D eigenvalue weighted by Crippen LogP contribution is 2.42. The van der Waals surface area contributed by atoms with E-state index >= 15 is 0 Å². The summed E-state index contributed by atoms with van der Waals surface area (Å²) in [5, 5.41) is 12.7. The maximum Gasteiger partial charge on any atom is 0.472 e. The van der Waals surface area contributed by atoms with Crippen LogP contribution >= 0.6 is 7.82 Å². The number of amides is 1. The Balaban J connectivity index is 3.66. The Labute approximate surface area is 347 Å². The predicted molar refractivity (Wildman–Crippen MR) is 238 cm³/mol. The van der Waals surface area contributed by atoms with E-state index in [2.05, 4.69) is 104 Å². The molecule has 0 spiro atoms. The maximum atomic E-state index is 12.1. The quantitative estimate of drug-likeness (QED) is 0.0241. The number of carbonyl (C=O) groups is 2. The first-order valence-electron chi connectivity index (χ1n) is 22.1. The van der Waals surface area contributed by atoms with Crippen molar-refractivity contribution in [2.24, 2.45) is 0 Å². The van der Waals surface area contributed by atoms with Crippen LogP contribution in [-0.2, 0) is 27.9 Å². The molecule has 0 radical (unpaired) electrons. The zero-order valence-electron chi connectivity index (χ0n) is 35.8. The highest BCUT2D eigenvalue weighted by Gasteiger charge is 2.23. The van der Waals surface area contributed by atoms with Crippen LogP contribution in [0.3, 0.4) is 0 Å². The lowest BCUT2D eigenvalue weighted by Gasteiger charge is -2.15. The van der Waals surface area contributed by atoms with Crippen LogP contribution in [0.25, 0.3) is 0 Å². The van der Waals surface area contributed by atoms with Crippen molar-refractivity contribution in [2.75, 3.05) is 26.4 Å². The number of hydrogen-bond acceptors (Lipinski definition) is 7. The maximum absolute atomic E-state index is 12.1. The summed E-state index contributed by atoms with van der Waals surface area (Å²) < 4.78 is 26.8. The lowest BCUT2D eigenvalue weighted by atomic mass is 10.1. The molecule has 0 saturated heterocycles. The number of esters is 1. The Morgan fingerprint density at radius 3 is 1.53 bits per heavy atom. The predicted octanol–water partition coefficient (Wildman–Crippen LogP) is 12.4. The van der Waals surface area contributed by atoms with Crippen molar-refractivity contribution in [2.45, 2.75) is 174 Å². The minimum absolute atomic E-state index is 0.0666. The molecule has 0 aromatic heterocycles. The third kappa shape index (κ3) is 44.1. The molecule has 0 aliphatic heterocycles. The van der Waals surface area contributed by atoms with E-state index < -0.39 is 26.5 Å². The van der Waals surface area contributed by atoms with Crippen LogP contribution in [0.5, 0.6) is 0 Å². The number of ether oxygens (including phenoxy) is 1. The Morgan fingerprint density at radius 1 is 0.561 bits per heavy atom. The molecule has 2 atom stereocenters. The Morgan fingerprint density at radius 2 is 1.00 bits per heavy atom. The molecule has 326 valence electrons. The lowest BCUT2D eigenvalue weighted by molar-refractivity contribution is -0.147. The number of aliphatic hydroxyl groups excluding tert-OH is 1. The summed E-state index contributed by atoms with van der Waals surface area (Å²) in [7, 11) is -4.43. The molecule has 0 aliphatic rings. The Kier molecular flexibility index (Phi) is 40.7. The van der Waals surface area contributed by atoms with Gasteiger partial charge in [0, 0.05) is 19.4 Å². The third-order valence-electron chi connectivity index (χ3n) is 8.81. The van der Waals surface area contributed by atoms with Gasteiger partial charge in [-0.25, -0.2) is 4.57 Å². The van der Waals surface area contributed by atoms with Crippen LogP contribution < -0.4 is 5.32 Å². The van der Waals surface area contributed by atoms with E-state index in [1.54, 1.807) is 0 Å². The molecule has 0 rings (SSSR count). The Hall–Kier alpha value is -2.81. The average molecular weight is 818 g/mol. The van der Waals surface area contributed by atoms with E-state index in [-0.39, 0.29) is 32.1 Å². The first kappa shape index (κ1) is 54.2. The molecule has 10 heteroatoms. The van der Waals surface area contributed by atoms with Gasteiger partial charge in [0.25, 0.3) is 0 Å². The van der Waals surface area contributed by atoms with Crippen LogP contribution in [0, 0.1) is 0 Å². The van der Waals surface area contributed by atoms with Gasteiger partial charge in [-0.15, -0.1) is 0 Å². The van der Waals surface area contributed by atoms with Crippen LogP contribution in [-0.4, -0.2) is 54.3 Å². The van der Waals surface area contributed by atoms with Gasteiger partial charge in [-0.2, -0.15) is 0 Å². The molecule has 57 heavy (non-hydrogen) atoms. The highest BCUT2D eigenvalue weighted by atomic mass is 31.2. The number of phosphoric ester groups is 1. The fraction of sp³-hybridized carbons (Fsp3) is 0.660. The topological polar surface area (TPSA) is 131 Å². The molecule has 0 saturated carbocycles. The minimum atomic E-state index is -4.43. The minimum Gasteiger partial charge on any atom is -0.463 e. The van der Waals surface area contributed by atoms with E-state index in [1.165, 1.54) is 51.4 Å². The summed E-state index contributed by atoms with van der Waals surface area (Å²) >= 11 is 0. The van der Waals surface area contributed by atoms with Crippen LogP contribution in [0.4, 0.5) is 0 Å². The van der Waals surface area contributed by atoms with Crippen LogP contribution in [0.15, 0.2) is 85.1 Å². The van der Waals surface area contributed by atoms with E-state index in [0.717, 1.165) is 83.5 Å². The van der Waals surface area contributed by atoms with Crippen LogP contribution in [0.2, 0.25) is 0 Å². The second-order valence-electron chi connectivity index (χ2n) is 14.3. The van der Waals surface area contributed by atoms with Crippen molar-refractivity contribution in [1.82, 2.24) is 5.32 Å². The molecule has 0 aromatic carbocycles. The third-order valence-corrected chi connectivity index (χ3v) is 9.79. The molecule has 0 bridgehead atoms. The van der Waals surface area contributed by atoms with E-state index in [0.29, 0.717) is 12.8 Å². The molecular formula is C47H80NO8P. The molecule has 0 aliphatic carbocycles. The summed E-state index contributed by atoms with van der Waals surface area (Å²) in [4.78, 5) is 33.9. The molecule has 0 fully saturated rings. The lowest BCUT2D eigenvalue weighted by Crippen LogP contribution is -2.27. The van der Waals surface area contributed by atoms with Gasteiger partial charge in [0.05, 0.1) is 13.2 Å². The second-order valence-corrected chi connectivity index (χ2v) is 15.7. The fourth-order valence-corrected chi connectivity index (χ4v) is 6.25. The van der Waals surface area contributed by atoms with Gasteiger partial charge in [-0.05, 0) is 89.9 Å². The van der Waals surface area contributed by atoms with Crippen molar-refractivity contribution in [3.8, 4) is 0 Å². The van der Waals surface area contributed by atoms with E-state index in [9.17, 15) is 24.2 Å². The number of allylic oxidation sites excluding steroid dienone is 14. The van der Waals surface area contributed by atoms with Gasteiger partial charge in [-0.1, -0.05) is 150 Å². The summed E-state index contributed by atoms with van der Waals surface area (Å²) in [6.07, 6.45) is 53.7. The summed E-state index contributed by atoms with van der Waals surface area (Å²) in [5.41, 5.74) is 0. The number of aliphatic hydroxyl groups is 1. The van der Waals surface area contributed by atoms with Gasteiger partial charge in [0.2, 0.25) is 5.91 Å². The molecule has 9 nitrogen and oxygen atoms in total. The molecule has 3 N–H and O–H groups in total. The molecule has 0 aromatic rings. The first-order valence-corrected chi connectivity index (χ1v) is 23.6. The van der Waals surface area contributed by atoms with E-state index in [4.69, 9.17) is 13.8 Å². The van der Waals surface area contributed by atoms with Gasteiger partial charge in [-0.3, -0.25) is 18.6 Å². The normalized spacial score (nSPS) is 14.1. The number of hydrogen-bond donors (Lipinski definition) is 3. The number of carbonyl (C=O) groups excluding carboxylic acids is 2. The molecule has 0 heterocycles. The Bertz CT molecular complexity index is 1210. The van der Waals surface area contributed by atoms with Gasteiger partial charge >= 0.3 is 13.8 Å². The second kappa shape index (κ2) is 42.8. The zero-order valence-corrected chi connectivity index (χ0v) is 36.6. The van der Waals surface area contributed by atoms with Gasteiger partial charge in [0.1, 0.15) is 12.7 Å². The highest BCUT2D eigenvalue weighted by molar-refractivity contribution is 7.47. The van der Waals surface area contributed by atoms with Gasteiger partial charge in [0.15, 0.2) is 0 Å². The monoisotopic (exact) mass is 818 g/mol. The van der Waals surface area contributed by atoms with Crippen molar-refractivity contribution in [1.29, 1.82) is 0 Å². The number of phosphoric acid groups is 1. The summed E-state index contributed by atoms with van der Waals surface area (Å²) in [6, 6.07) is 0. The van der Waals surface area contributed by atoms with Crippen molar-refractivity contribution in [3.63, 3.8) is 0 Å². The largest absolute Gasteiger partial charge is 0.472 e. The molecule has 1 amide bonds. The van der Waals surface area contributed by atoms with Crippen molar-refractivity contribution >= 4 is 19.7 Å². The van der Waals surface area contributed by atoms with Gasteiger partial charge < -0.3 is 20.1 Å². The van der Waals surface area contributed by atoms with E-state index in [1.807, 2.05) is 0 Å². The molecule has 2 unspecified atom stereocenters. The number of rotatable bonds is 40. The SMILES string of the molecule is CC/C=C\C/C=C\C/C=C\CCCCCC(=O)OCC(O)COP(=O)(O)OCCNC(=O)CCCCCCCCC/C=C\C/C=C\C/C=C\C/C=C\CCCCC. The number of nitrogens with one attached hydrogen (secondary N) is 1. The van der Waals surface area contributed by atoms with Crippen molar-refractivity contribution in [3.05, 3.63) is 85.1 Å². The summed E-state index contributed by atoms with van der Waals surface area (Å²) in [5.74, 6) is -0.564.